The first-order chi connectivity index (χ1) is 26.9. The third kappa shape index (κ3) is 9.20. The van der Waals surface area contributed by atoms with Crippen molar-refractivity contribution in [3.8, 4) is 23.0 Å². The lowest BCUT2D eigenvalue weighted by atomic mass is 9.78. The predicted octanol–water partition coefficient (Wildman–Crippen LogP) is 12.8. The van der Waals surface area contributed by atoms with Crippen LogP contribution in [-0.2, 0) is 0 Å². The number of benzene rings is 5. The van der Waals surface area contributed by atoms with Gasteiger partial charge in [-0.2, -0.15) is 0 Å². The van der Waals surface area contributed by atoms with Gasteiger partial charge in [-0.15, -0.1) is 0 Å². The van der Waals surface area contributed by atoms with E-state index in [1.807, 2.05) is 0 Å². The Hall–Kier alpha value is -5.74. The first kappa shape index (κ1) is 41.4. The fraction of sp³-hybridized carbons (Fsp3) is 0.269. The van der Waals surface area contributed by atoms with Gasteiger partial charge in [-0.05, 0) is 145 Å². The van der Waals surface area contributed by atoms with Gasteiger partial charge in [-0.25, -0.2) is 0 Å². The molecule has 4 heteroatoms. The molecule has 0 radical (unpaired) electrons. The fourth-order valence-corrected chi connectivity index (χ4v) is 7.88. The molecule has 0 aliphatic rings. The molecule has 0 amide bonds. The van der Waals surface area contributed by atoms with Crippen molar-refractivity contribution in [2.24, 2.45) is 0 Å². The molecule has 0 N–H and O–H groups in total. The highest BCUT2D eigenvalue weighted by Gasteiger charge is 2.26. The molecule has 0 fully saturated rings. The van der Waals surface area contributed by atoms with Crippen LogP contribution >= 0.6 is 0 Å². The topological polar surface area (TPSA) is 36.9 Å². The van der Waals surface area contributed by atoms with Gasteiger partial charge in [0, 0.05) is 11.8 Å². The highest BCUT2D eigenvalue weighted by Crippen LogP contribution is 2.43. The zero-order valence-corrected chi connectivity index (χ0v) is 34.7. The highest BCUT2D eigenvalue weighted by molar-refractivity contribution is 5.57. The van der Waals surface area contributed by atoms with Crippen LogP contribution in [0.4, 0.5) is 0 Å². The number of hydrogen-bond donors (Lipinski definition) is 0. The predicted molar refractivity (Wildman–Crippen MR) is 235 cm³/mol. The lowest BCUT2D eigenvalue weighted by Gasteiger charge is -2.27. The zero-order valence-electron chi connectivity index (χ0n) is 34.7. The van der Waals surface area contributed by atoms with Gasteiger partial charge in [-0.1, -0.05) is 111 Å². The van der Waals surface area contributed by atoms with Gasteiger partial charge in [0.05, 0.1) is 0 Å². The fourth-order valence-electron chi connectivity index (χ4n) is 7.88. The molecule has 0 aliphatic carbocycles. The van der Waals surface area contributed by atoms with Crippen molar-refractivity contribution in [1.82, 2.24) is 0 Å². The van der Waals surface area contributed by atoms with Gasteiger partial charge < -0.3 is 18.9 Å². The molecule has 0 unspecified atom stereocenters. The second-order valence-corrected chi connectivity index (χ2v) is 14.8. The molecule has 0 aliphatic heterocycles. The monoisotopic (exact) mass is 746 g/mol. The van der Waals surface area contributed by atoms with Crippen molar-refractivity contribution in [3.63, 3.8) is 0 Å². The van der Waals surface area contributed by atoms with Crippen molar-refractivity contribution in [1.29, 1.82) is 0 Å². The molecule has 0 bridgehead atoms. The SMILES string of the molecule is C=CCOc1cc(C)c(C(c2ccc(C(c3cc(C)c(OCC=C)c(C)c3)c3cc(C)c(OCC=C)c(C)c3)cc2)c2cc(C)c(OCC=C)cc2C)cc1C. The van der Waals surface area contributed by atoms with E-state index in [1.165, 1.54) is 44.5 Å². The molecule has 0 saturated carbocycles. The molecule has 0 saturated heterocycles. The quantitative estimate of drug-likeness (QED) is 0.0661. The average Bonchev–Trinajstić information content (AvgIpc) is 3.16. The van der Waals surface area contributed by atoms with E-state index in [-0.39, 0.29) is 11.8 Å². The van der Waals surface area contributed by atoms with E-state index in [0.29, 0.717) is 26.4 Å². The summed E-state index contributed by atoms with van der Waals surface area (Å²) in [4.78, 5) is 0. The third-order valence-corrected chi connectivity index (χ3v) is 10.4. The standard InChI is InChI=1S/C52H58O4/c1-13-21-53-47-31-33(5)45(29-35(47)7)50(46-30-36(8)48(32-34(46)6)54-22-14-2)42-19-17-41(18-20-42)49(43-25-37(9)51(38(10)26-43)55-23-15-3)44-27-39(11)52(40(12)28-44)56-24-16-4/h13-20,25-32,49-50H,1-4,21-24H2,5-12H3. The van der Waals surface area contributed by atoms with Crippen LogP contribution in [0.5, 0.6) is 23.0 Å². The van der Waals surface area contributed by atoms with E-state index in [1.54, 1.807) is 24.3 Å². The van der Waals surface area contributed by atoms with Crippen molar-refractivity contribution in [3.05, 3.63) is 201 Å². The second kappa shape index (κ2) is 18.7. The van der Waals surface area contributed by atoms with E-state index < -0.39 is 0 Å². The van der Waals surface area contributed by atoms with Crippen LogP contribution in [0, 0.1) is 55.4 Å². The molecule has 0 aromatic heterocycles. The Labute approximate surface area is 335 Å². The summed E-state index contributed by atoms with van der Waals surface area (Å²) in [5.74, 6) is 3.51. The Morgan fingerprint density at radius 2 is 0.696 bits per heavy atom. The summed E-state index contributed by atoms with van der Waals surface area (Å²) in [7, 11) is 0. The minimum atomic E-state index is -0.0326. The Bertz CT molecular complexity index is 2040. The van der Waals surface area contributed by atoms with Crippen LogP contribution in [0.1, 0.15) is 89.7 Å². The van der Waals surface area contributed by atoms with Crippen LogP contribution in [0.15, 0.2) is 123 Å². The van der Waals surface area contributed by atoms with Gasteiger partial charge in [0.25, 0.3) is 0 Å². The maximum absolute atomic E-state index is 6.10. The van der Waals surface area contributed by atoms with Gasteiger partial charge in [0.2, 0.25) is 0 Å². The normalized spacial score (nSPS) is 11.0. The van der Waals surface area contributed by atoms with E-state index in [4.69, 9.17) is 18.9 Å². The van der Waals surface area contributed by atoms with Gasteiger partial charge in [0.15, 0.2) is 0 Å². The smallest absolute Gasteiger partial charge is 0.125 e. The summed E-state index contributed by atoms with van der Waals surface area (Å²) in [6, 6.07) is 27.2. The zero-order chi connectivity index (χ0) is 40.5. The number of ether oxygens (including phenoxy) is 4. The summed E-state index contributed by atoms with van der Waals surface area (Å²) in [5.41, 5.74) is 16.2. The molecular weight excluding hydrogens is 689 g/mol. The van der Waals surface area contributed by atoms with Crippen molar-refractivity contribution in [2.75, 3.05) is 26.4 Å². The first-order valence-electron chi connectivity index (χ1n) is 19.4. The maximum atomic E-state index is 6.10. The maximum Gasteiger partial charge on any atom is 0.125 e. The summed E-state index contributed by atoms with van der Waals surface area (Å²) in [5, 5.41) is 0. The lowest BCUT2D eigenvalue weighted by molar-refractivity contribution is 0.358. The minimum absolute atomic E-state index is 0.0293. The molecule has 5 rings (SSSR count). The second-order valence-electron chi connectivity index (χ2n) is 14.8. The molecule has 5 aromatic carbocycles. The summed E-state index contributed by atoms with van der Waals surface area (Å²) >= 11 is 0. The van der Waals surface area contributed by atoms with Gasteiger partial charge in [-0.3, -0.25) is 0 Å². The summed E-state index contributed by atoms with van der Waals surface area (Å²) in [6.07, 6.45) is 7.13. The Balaban J connectivity index is 1.70. The third-order valence-electron chi connectivity index (χ3n) is 10.4. The molecule has 4 nitrogen and oxygen atoms in total. The number of aryl methyl sites for hydroxylation is 8. The lowest BCUT2D eigenvalue weighted by Crippen LogP contribution is -2.11. The van der Waals surface area contributed by atoms with E-state index in [2.05, 4.69) is 155 Å². The van der Waals surface area contributed by atoms with Gasteiger partial charge >= 0.3 is 0 Å². The van der Waals surface area contributed by atoms with Crippen molar-refractivity contribution >= 4 is 0 Å². The summed E-state index contributed by atoms with van der Waals surface area (Å²) < 4.78 is 24.3. The molecule has 0 spiro atoms. The van der Waals surface area contributed by atoms with Crippen LogP contribution < -0.4 is 18.9 Å². The van der Waals surface area contributed by atoms with Crippen LogP contribution in [0.2, 0.25) is 0 Å². The average molecular weight is 747 g/mol. The Kier molecular flexibility index (Phi) is 13.9. The summed E-state index contributed by atoms with van der Waals surface area (Å²) in [6.45, 7) is 34.3. The van der Waals surface area contributed by atoms with Crippen LogP contribution in [0.25, 0.3) is 0 Å². The van der Waals surface area contributed by atoms with Crippen molar-refractivity contribution < 1.29 is 18.9 Å². The minimum Gasteiger partial charge on any atom is -0.489 e. The van der Waals surface area contributed by atoms with Crippen LogP contribution in [-0.4, -0.2) is 26.4 Å². The number of hydrogen-bond acceptors (Lipinski definition) is 4. The van der Waals surface area contributed by atoms with Crippen molar-refractivity contribution in [2.45, 2.75) is 67.2 Å². The molecule has 5 aromatic rings. The number of rotatable bonds is 18. The molecule has 0 atom stereocenters. The van der Waals surface area contributed by atoms with Crippen LogP contribution in [0.3, 0.4) is 0 Å². The Morgan fingerprint density at radius 3 is 1.04 bits per heavy atom. The van der Waals surface area contributed by atoms with E-state index >= 15 is 0 Å². The van der Waals surface area contributed by atoms with E-state index in [9.17, 15) is 0 Å². The largest absolute Gasteiger partial charge is 0.489 e. The molecular formula is C52H58O4. The highest BCUT2D eigenvalue weighted by atomic mass is 16.5. The van der Waals surface area contributed by atoms with E-state index in [0.717, 1.165) is 56.4 Å². The molecule has 290 valence electrons. The van der Waals surface area contributed by atoms with Gasteiger partial charge in [0.1, 0.15) is 49.4 Å². The Morgan fingerprint density at radius 1 is 0.375 bits per heavy atom. The molecule has 56 heavy (non-hydrogen) atoms. The first-order valence-corrected chi connectivity index (χ1v) is 19.4. The molecule has 0 heterocycles.